The fourth-order valence-corrected chi connectivity index (χ4v) is 1.51. The number of ether oxygens (including phenoxy) is 1. The molecule has 84 valence electrons. The van der Waals surface area contributed by atoms with Crippen LogP contribution in [0.4, 0.5) is 0 Å². The van der Waals surface area contributed by atoms with Gasteiger partial charge in [-0.25, -0.2) is 0 Å². The topological polar surface area (TPSA) is 57.3 Å². The molecule has 0 aliphatic heterocycles. The van der Waals surface area contributed by atoms with Gasteiger partial charge in [0.15, 0.2) is 17.2 Å². The molecule has 2 aromatic heterocycles. The number of rotatable bonds is 4. The third-order valence-corrected chi connectivity index (χ3v) is 2.29. The van der Waals surface area contributed by atoms with Crippen molar-refractivity contribution in [1.82, 2.24) is 9.78 Å². The van der Waals surface area contributed by atoms with E-state index in [0.717, 1.165) is 0 Å². The van der Waals surface area contributed by atoms with Crippen LogP contribution in [0.3, 0.4) is 0 Å². The predicted molar refractivity (Wildman–Crippen MR) is 56.6 cm³/mol. The lowest BCUT2D eigenvalue weighted by molar-refractivity contribution is 0.0996. The fraction of sp³-hybridized carbons (Fsp3) is 0.273. The SMILES string of the molecule is CCn1ncc(OC)c1C(=O)c1ccco1. The Hall–Kier alpha value is -2.04. The van der Waals surface area contributed by atoms with Gasteiger partial charge in [0.1, 0.15) is 0 Å². The number of hydrogen-bond donors (Lipinski definition) is 0. The Kier molecular flexibility index (Phi) is 2.76. The third-order valence-electron chi connectivity index (χ3n) is 2.29. The normalized spacial score (nSPS) is 10.4. The van der Waals surface area contributed by atoms with Gasteiger partial charge in [-0.15, -0.1) is 0 Å². The van der Waals surface area contributed by atoms with Crippen LogP contribution in [0, 0.1) is 0 Å². The van der Waals surface area contributed by atoms with Crippen molar-refractivity contribution < 1.29 is 13.9 Å². The summed E-state index contributed by atoms with van der Waals surface area (Å²) in [5, 5.41) is 4.07. The highest BCUT2D eigenvalue weighted by Crippen LogP contribution is 2.21. The van der Waals surface area contributed by atoms with E-state index in [-0.39, 0.29) is 11.5 Å². The maximum atomic E-state index is 12.1. The van der Waals surface area contributed by atoms with Gasteiger partial charge in [0.25, 0.3) is 0 Å². The first-order valence-corrected chi connectivity index (χ1v) is 4.96. The van der Waals surface area contributed by atoms with E-state index in [0.29, 0.717) is 18.0 Å². The molecule has 5 heteroatoms. The number of hydrogen-bond acceptors (Lipinski definition) is 4. The van der Waals surface area contributed by atoms with Gasteiger partial charge in [0, 0.05) is 6.54 Å². The molecule has 0 atom stereocenters. The summed E-state index contributed by atoms with van der Waals surface area (Å²) in [6.45, 7) is 2.51. The second-order valence-electron chi connectivity index (χ2n) is 3.18. The molecule has 0 aliphatic rings. The highest BCUT2D eigenvalue weighted by Gasteiger charge is 2.22. The summed E-state index contributed by atoms with van der Waals surface area (Å²) in [5.74, 6) is 0.526. The summed E-state index contributed by atoms with van der Waals surface area (Å²) >= 11 is 0. The summed E-state index contributed by atoms with van der Waals surface area (Å²) in [6, 6.07) is 3.29. The minimum Gasteiger partial charge on any atom is -0.493 e. The number of nitrogens with zero attached hydrogens (tertiary/aromatic N) is 2. The zero-order valence-electron chi connectivity index (χ0n) is 9.14. The highest BCUT2D eigenvalue weighted by atomic mass is 16.5. The first-order valence-electron chi connectivity index (χ1n) is 4.96. The Bertz CT molecular complexity index is 464. The number of carbonyl (C=O) groups excluding carboxylic acids is 1. The van der Waals surface area contributed by atoms with Crippen LogP contribution in [0.5, 0.6) is 5.75 Å². The predicted octanol–water partition coefficient (Wildman–Crippen LogP) is 1.74. The maximum Gasteiger partial charge on any atom is 0.249 e. The molecule has 0 fully saturated rings. The quantitative estimate of drug-likeness (QED) is 0.736. The minimum absolute atomic E-state index is 0.221. The molecule has 5 nitrogen and oxygen atoms in total. The van der Waals surface area contributed by atoms with Crippen LogP contribution in [0.2, 0.25) is 0 Å². The number of furan rings is 1. The lowest BCUT2D eigenvalue weighted by Crippen LogP contribution is -2.11. The van der Waals surface area contributed by atoms with Crippen LogP contribution in [0.25, 0.3) is 0 Å². The zero-order chi connectivity index (χ0) is 11.5. The van der Waals surface area contributed by atoms with Crippen molar-refractivity contribution in [3.63, 3.8) is 0 Å². The molecular formula is C11H12N2O3. The van der Waals surface area contributed by atoms with Crippen molar-refractivity contribution in [2.24, 2.45) is 0 Å². The average molecular weight is 220 g/mol. The number of carbonyl (C=O) groups is 1. The minimum atomic E-state index is -0.221. The molecule has 2 aromatic rings. The molecule has 0 saturated heterocycles. The van der Waals surface area contributed by atoms with Crippen LogP contribution >= 0.6 is 0 Å². The van der Waals surface area contributed by atoms with Crippen LogP contribution in [0.1, 0.15) is 23.2 Å². The largest absolute Gasteiger partial charge is 0.493 e. The third kappa shape index (κ3) is 1.60. The standard InChI is InChI=1S/C11H12N2O3/c1-3-13-10(9(15-2)7-12-13)11(14)8-5-4-6-16-8/h4-7H,3H2,1-2H3. The smallest absolute Gasteiger partial charge is 0.249 e. The second kappa shape index (κ2) is 4.22. The van der Waals surface area contributed by atoms with E-state index in [1.54, 1.807) is 16.8 Å². The van der Waals surface area contributed by atoms with Gasteiger partial charge in [-0.2, -0.15) is 5.10 Å². The van der Waals surface area contributed by atoms with Gasteiger partial charge in [-0.1, -0.05) is 0 Å². The van der Waals surface area contributed by atoms with Crippen molar-refractivity contribution in [2.45, 2.75) is 13.5 Å². The Morgan fingerprint density at radius 2 is 2.44 bits per heavy atom. The lowest BCUT2D eigenvalue weighted by Gasteiger charge is -2.04. The number of ketones is 1. The zero-order valence-corrected chi connectivity index (χ0v) is 9.14. The number of aryl methyl sites for hydroxylation is 1. The molecule has 2 heterocycles. The van der Waals surface area contributed by atoms with Gasteiger partial charge in [0.05, 0.1) is 19.6 Å². The summed E-state index contributed by atoms with van der Waals surface area (Å²) in [5.41, 5.74) is 0.417. The summed E-state index contributed by atoms with van der Waals surface area (Å²) in [7, 11) is 1.51. The van der Waals surface area contributed by atoms with Gasteiger partial charge < -0.3 is 9.15 Å². The number of aromatic nitrogens is 2. The van der Waals surface area contributed by atoms with E-state index in [1.165, 1.54) is 19.6 Å². The molecule has 16 heavy (non-hydrogen) atoms. The molecule has 0 saturated carbocycles. The van der Waals surface area contributed by atoms with Crippen molar-refractivity contribution in [1.29, 1.82) is 0 Å². The van der Waals surface area contributed by atoms with Crippen molar-refractivity contribution in [3.8, 4) is 5.75 Å². The first kappa shape index (κ1) is 10.5. The van der Waals surface area contributed by atoms with Gasteiger partial charge in [0.2, 0.25) is 5.78 Å². The summed E-state index contributed by atoms with van der Waals surface area (Å²) < 4.78 is 11.8. The van der Waals surface area contributed by atoms with E-state index < -0.39 is 0 Å². The van der Waals surface area contributed by atoms with Crippen molar-refractivity contribution in [2.75, 3.05) is 7.11 Å². The van der Waals surface area contributed by atoms with Gasteiger partial charge in [-0.3, -0.25) is 9.48 Å². The average Bonchev–Trinajstić information content (AvgIpc) is 2.96. The molecule has 0 aliphatic carbocycles. The van der Waals surface area contributed by atoms with Gasteiger partial charge >= 0.3 is 0 Å². The molecule has 0 aromatic carbocycles. The van der Waals surface area contributed by atoms with Crippen LogP contribution < -0.4 is 4.74 Å². The maximum absolute atomic E-state index is 12.1. The monoisotopic (exact) mass is 220 g/mol. The van der Waals surface area contributed by atoms with Crippen molar-refractivity contribution >= 4 is 5.78 Å². The first-order chi connectivity index (χ1) is 7.77. The molecule has 0 unspecified atom stereocenters. The van der Waals surface area contributed by atoms with Crippen molar-refractivity contribution in [3.05, 3.63) is 36.0 Å². The Labute approximate surface area is 92.6 Å². The second-order valence-corrected chi connectivity index (χ2v) is 3.18. The Balaban J connectivity index is 2.46. The fourth-order valence-electron chi connectivity index (χ4n) is 1.51. The lowest BCUT2D eigenvalue weighted by atomic mass is 10.2. The van der Waals surface area contributed by atoms with E-state index in [2.05, 4.69) is 5.10 Å². The van der Waals surface area contributed by atoms with Crippen LogP contribution in [0.15, 0.2) is 29.0 Å². The molecule has 0 bridgehead atoms. The Morgan fingerprint density at radius 3 is 3.00 bits per heavy atom. The van der Waals surface area contributed by atoms with Gasteiger partial charge in [-0.05, 0) is 19.1 Å². The van der Waals surface area contributed by atoms with E-state index >= 15 is 0 Å². The highest BCUT2D eigenvalue weighted by molar-refractivity contribution is 6.07. The number of methoxy groups -OCH3 is 1. The van der Waals surface area contributed by atoms with Crippen LogP contribution in [-0.4, -0.2) is 22.7 Å². The Morgan fingerprint density at radius 1 is 1.62 bits per heavy atom. The summed E-state index contributed by atoms with van der Waals surface area (Å²) in [6.07, 6.45) is 2.99. The van der Waals surface area contributed by atoms with Crippen LogP contribution in [-0.2, 0) is 6.54 Å². The van der Waals surface area contributed by atoms with E-state index in [9.17, 15) is 4.79 Å². The molecule has 0 N–H and O–H groups in total. The summed E-state index contributed by atoms with van der Waals surface area (Å²) in [4.78, 5) is 12.1. The molecule has 0 amide bonds. The molecule has 0 radical (unpaired) electrons. The molecular weight excluding hydrogens is 208 g/mol. The molecule has 0 spiro atoms. The van der Waals surface area contributed by atoms with E-state index in [4.69, 9.17) is 9.15 Å². The molecule has 2 rings (SSSR count). The van der Waals surface area contributed by atoms with E-state index in [1.807, 2.05) is 6.92 Å².